The molecule has 4 rings (SSSR count). The van der Waals surface area contributed by atoms with Crippen LogP contribution in [0.2, 0.25) is 0 Å². The van der Waals surface area contributed by atoms with Crippen molar-refractivity contribution in [2.75, 3.05) is 23.7 Å². The molecule has 8 heteroatoms. The number of aromatic nitrogens is 5. The summed E-state index contributed by atoms with van der Waals surface area (Å²) < 4.78 is 7.86. The van der Waals surface area contributed by atoms with E-state index in [-0.39, 0.29) is 6.10 Å². The van der Waals surface area contributed by atoms with Crippen LogP contribution in [0.15, 0.2) is 18.5 Å². The molecule has 1 aliphatic rings. The standard InChI is InChI=1S/C24H35N7O/c1-4-9-20(10-5-2)32-24-28-21(25)23-27-16-19(31(23)29-24)14-18-13-17(3)22(26-15-18)30-11-7-6-8-12-30/h13,15-16,20H,4-12,14H2,1-3H3,(H2,25,28,29). The number of imidazole rings is 1. The van der Waals surface area contributed by atoms with Gasteiger partial charge in [0.05, 0.1) is 11.9 Å². The van der Waals surface area contributed by atoms with Crippen LogP contribution in [0.1, 0.15) is 75.6 Å². The van der Waals surface area contributed by atoms with Gasteiger partial charge >= 0.3 is 6.01 Å². The van der Waals surface area contributed by atoms with E-state index in [2.05, 4.69) is 46.8 Å². The molecule has 1 aliphatic heterocycles. The molecule has 32 heavy (non-hydrogen) atoms. The molecular formula is C24H35N7O. The Kier molecular flexibility index (Phi) is 7.07. The van der Waals surface area contributed by atoms with Crippen LogP contribution in [0.5, 0.6) is 6.01 Å². The summed E-state index contributed by atoms with van der Waals surface area (Å²) in [6.07, 6.45) is 12.4. The van der Waals surface area contributed by atoms with Crippen molar-refractivity contribution >= 4 is 17.3 Å². The van der Waals surface area contributed by atoms with Gasteiger partial charge in [0.15, 0.2) is 11.5 Å². The van der Waals surface area contributed by atoms with E-state index in [0.29, 0.717) is 23.9 Å². The largest absolute Gasteiger partial charge is 0.459 e. The van der Waals surface area contributed by atoms with Crippen LogP contribution < -0.4 is 15.4 Å². The van der Waals surface area contributed by atoms with Gasteiger partial charge < -0.3 is 15.4 Å². The minimum Gasteiger partial charge on any atom is -0.459 e. The molecule has 0 saturated carbocycles. The Morgan fingerprint density at radius 1 is 1.06 bits per heavy atom. The highest BCUT2D eigenvalue weighted by Crippen LogP contribution is 2.24. The Balaban J connectivity index is 1.56. The lowest BCUT2D eigenvalue weighted by Crippen LogP contribution is -2.30. The van der Waals surface area contributed by atoms with Crippen LogP contribution in [0.3, 0.4) is 0 Å². The van der Waals surface area contributed by atoms with Gasteiger partial charge in [-0.15, -0.1) is 5.10 Å². The molecule has 0 spiro atoms. The van der Waals surface area contributed by atoms with Crippen molar-refractivity contribution < 1.29 is 4.74 Å². The van der Waals surface area contributed by atoms with Crippen molar-refractivity contribution in [3.05, 3.63) is 35.3 Å². The van der Waals surface area contributed by atoms with Gasteiger partial charge in [-0.25, -0.2) is 14.5 Å². The van der Waals surface area contributed by atoms with E-state index in [4.69, 9.17) is 15.5 Å². The number of nitrogens with two attached hydrogens (primary N) is 1. The number of fused-ring (bicyclic) bond motifs is 1. The maximum Gasteiger partial charge on any atom is 0.336 e. The Morgan fingerprint density at radius 2 is 1.81 bits per heavy atom. The van der Waals surface area contributed by atoms with E-state index < -0.39 is 0 Å². The minimum atomic E-state index is 0.100. The van der Waals surface area contributed by atoms with Crippen LogP contribution in [0.25, 0.3) is 5.65 Å². The number of piperidine rings is 1. The molecular weight excluding hydrogens is 402 g/mol. The topological polar surface area (TPSA) is 94.5 Å². The zero-order valence-corrected chi connectivity index (χ0v) is 19.5. The predicted molar refractivity (Wildman–Crippen MR) is 127 cm³/mol. The number of hydrogen-bond acceptors (Lipinski definition) is 7. The van der Waals surface area contributed by atoms with E-state index in [0.717, 1.165) is 55.8 Å². The Morgan fingerprint density at radius 3 is 2.50 bits per heavy atom. The number of hydrogen-bond donors (Lipinski definition) is 1. The van der Waals surface area contributed by atoms with E-state index in [1.165, 1.54) is 24.8 Å². The van der Waals surface area contributed by atoms with E-state index >= 15 is 0 Å². The summed E-state index contributed by atoms with van der Waals surface area (Å²) in [4.78, 5) is 16.0. The fourth-order valence-electron chi connectivity index (χ4n) is 4.52. The fourth-order valence-corrected chi connectivity index (χ4v) is 4.52. The van der Waals surface area contributed by atoms with Crippen LogP contribution in [0, 0.1) is 6.92 Å². The lowest BCUT2D eigenvalue weighted by molar-refractivity contribution is 0.161. The highest BCUT2D eigenvalue weighted by molar-refractivity contribution is 5.60. The maximum absolute atomic E-state index is 6.18. The smallest absolute Gasteiger partial charge is 0.336 e. The van der Waals surface area contributed by atoms with Gasteiger partial charge in [-0.1, -0.05) is 32.8 Å². The average molecular weight is 438 g/mol. The quantitative estimate of drug-likeness (QED) is 0.532. The number of nitrogen functional groups attached to an aromatic ring is 1. The molecule has 0 bridgehead atoms. The summed E-state index contributed by atoms with van der Waals surface area (Å²) in [5, 5.41) is 4.62. The lowest BCUT2D eigenvalue weighted by atomic mass is 10.1. The fraction of sp³-hybridized carbons (Fsp3) is 0.583. The number of ether oxygens (including phenoxy) is 1. The van der Waals surface area contributed by atoms with Crippen LogP contribution in [-0.4, -0.2) is 43.8 Å². The second-order valence-electron chi connectivity index (χ2n) is 8.79. The van der Waals surface area contributed by atoms with E-state index in [1.54, 1.807) is 4.52 Å². The first-order valence-electron chi connectivity index (χ1n) is 12.0. The number of anilines is 2. The summed E-state index contributed by atoms with van der Waals surface area (Å²) >= 11 is 0. The van der Waals surface area contributed by atoms with Crippen molar-refractivity contribution in [2.45, 2.75) is 78.2 Å². The van der Waals surface area contributed by atoms with Crippen molar-refractivity contribution in [3.63, 3.8) is 0 Å². The number of aryl methyl sites for hydroxylation is 1. The van der Waals surface area contributed by atoms with E-state index in [9.17, 15) is 0 Å². The van der Waals surface area contributed by atoms with Crippen LogP contribution >= 0.6 is 0 Å². The molecule has 0 radical (unpaired) electrons. The first kappa shape index (κ1) is 22.3. The van der Waals surface area contributed by atoms with Gasteiger partial charge in [0.2, 0.25) is 0 Å². The summed E-state index contributed by atoms with van der Waals surface area (Å²) in [6, 6.07) is 2.53. The van der Waals surface area contributed by atoms with Gasteiger partial charge in [-0.2, -0.15) is 4.98 Å². The second-order valence-corrected chi connectivity index (χ2v) is 8.79. The van der Waals surface area contributed by atoms with Gasteiger partial charge in [0, 0.05) is 25.7 Å². The molecule has 0 aromatic carbocycles. The Hall–Kier alpha value is -2.90. The molecule has 0 amide bonds. The number of nitrogens with zero attached hydrogens (tertiary/aromatic N) is 6. The van der Waals surface area contributed by atoms with Gasteiger partial charge in [0.1, 0.15) is 11.9 Å². The highest BCUT2D eigenvalue weighted by atomic mass is 16.5. The molecule has 4 heterocycles. The molecule has 8 nitrogen and oxygen atoms in total. The Labute approximate surface area is 190 Å². The van der Waals surface area contributed by atoms with Gasteiger partial charge in [-0.05, 0) is 50.2 Å². The molecule has 1 fully saturated rings. The summed E-state index contributed by atoms with van der Waals surface area (Å²) in [6.45, 7) is 8.64. The average Bonchev–Trinajstić information content (AvgIpc) is 3.18. The van der Waals surface area contributed by atoms with Crippen molar-refractivity contribution in [1.82, 2.24) is 24.6 Å². The zero-order chi connectivity index (χ0) is 22.5. The summed E-state index contributed by atoms with van der Waals surface area (Å²) in [7, 11) is 0. The third-order valence-corrected chi connectivity index (χ3v) is 6.08. The molecule has 2 N–H and O–H groups in total. The SMILES string of the molecule is CCCC(CCC)Oc1nc(N)c2ncc(Cc3cnc(N4CCCCC4)c(C)c3)n2n1. The Bertz CT molecular complexity index is 1040. The maximum atomic E-state index is 6.18. The normalized spacial score (nSPS) is 14.4. The third-order valence-electron chi connectivity index (χ3n) is 6.08. The lowest BCUT2D eigenvalue weighted by Gasteiger charge is -2.29. The molecule has 0 unspecified atom stereocenters. The monoisotopic (exact) mass is 437 g/mol. The van der Waals surface area contributed by atoms with Crippen molar-refractivity contribution in [1.29, 1.82) is 0 Å². The van der Waals surface area contributed by atoms with E-state index in [1.807, 2.05) is 12.4 Å². The summed E-state index contributed by atoms with van der Waals surface area (Å²) in [5.41, 5.74) is 10.0. The molecule has 172 valence electrons. The second kappa shape index (κ2) is 10.1. The third kappa shape index (κ3) is 4.95. The van der Waals surface area contributed by atoms with Crippen LogP contribution in [-0.2, 0) is 6.42 Å². The predicted octanol–water partition coefficient (Wildman–Crippen LogP) is 4.34. The first-order valence-corrected chi connectivity index (χ1v) is 12.0. The highest BCUT2D eigenvalue weighted by Gasteiger charge is 2.17. The first-order chi connectivity index (χ1) is 15.6. The van der Waals surface area contributed by atoms with Gasteiger partial charge in [0.25, 0.3) is 0 Å². The van der Waals surface area contributed by atoms with Crippen molar-refractivity contribution in [2.24, 2.45) is 0 Å². The minimum absolute atomic E-state index is 0.100. The van der Waals surface area contributed by atoms with Crippen molar-refractivity contribution in [3.8, 4) is 6.01 Å². The molecule has 3 aromatic rings. The van der Waals surface area contributed by atoms with Gasteiger partial charge in [-0.3, -0.25) is 0 Å². The molecule has 3 aromatic heterocycles. The molecule has 0 aliphatic carbocycles. The van der Waals surface area contributed by atoms with Crippen LogP contribution in [0.4, 0.5) is 11.6 Å². The molecule has 0 atom stereocenters. The zero-order valence-electron chi connectivity index (χ0n) is 19.5. The summed E-state index contributed by atoms with van der Waals surface area (Å²) in [5.74, 6) is 1.44. The number of rotatable bonds is 9. The number of pyridine rings is 1. The molecule has 1 saturated heterocycles.